The Hall–Kier alpha value is -2.34. The van der Waals surface area contributed by atoms with E-state index in [4.69, 9.17) is 5.11 Å². The molecular formula is C17H22N4O2. The SMILES string of the molecule is CC(C)N1CCN(c2ccc(-c3cc(C(=O)O)[nH]n3)cc2)CC1. The highest BCUT2D eigenvalue weighted by molar-refractivity contribution is 5.86. The number of nitrogens with one attached hydrogen (secondary N) is 1. The molecule has 0 amide bonds. The molecule has 122 valence electrons. The smallest absolute Gasteiger partial charge is 0.353 e. The fourth-order valence-corrected chi connectivity index (χ4v) is 2.92. The van der Waals surface area contributed by atoms with Gasteiger partial charge in [0, 0.05) is 43.5 Å². The predicted octanol–water partition coefficient (Wildman–Crippen LogP) is 2.31. The Labute approximate surface area is 135 Å². The summed E-state index contributed by atoms with van der Waals surface area (Å²) in [7, 11) is 0. The molecule has 0 saturated carbocycles. The zero-order valence-electron chi connectivity index (χ0n) is 13.5. The lowest BCUT2D eigenvalue weighted by Gasteiger charge is -2.38. The van der Waals surface area contributed by atoms with Crippen molar-refractivity contribution in [3.05, 3.63) is 36.0 Å². The maximum atomic E-state index is 10.9. The van der Waals surface area contributed by atoms with E-state index in [9.17, 15) is 4.79 Å². The molecule has 1 aliphatic rings. The van der Waals surface area contributed by atoms with Crippen LogP contribution in [-0.2, 0) is 0 Å². The number of hydrogen-bond acceptors (Lipinski definition) is 4. The van der Waals surface area contributed by atoms with E-state index >= 15 is 0 Å². The number of aromatic amines is 1. The van der Waals surface area contributed by atoms with E-state index in [0.29, 0.717) is 11.7 Å². The number of benzene rings is 1. The first-order valence-electron chi connectivity index (χ1n) is 7.93. The molecule has 0 spiro atoms. The second kappa shape index (κ2) is 6.42. The molecule has 1 saturated heterocycles. The van der Waals surface area contributed by atoms with Crippen LogP contribution in [0.3, 0.4) is 0 Å². The molecule has 1 aromatic heterocycles. The number of carboxylic acid groups (broad SMARTS) is 1. The van der Waals surface area contributed by atoms with Crippen molar-refractivity contribution in [3.8, 4) is 11.3 Å². The van der Waals surface area contributed by atoms with Gasteiger partial charge in [0.1, 0.15) is 5.69 Å². The molecule has 1 aliphatic heterocycles. The van der Waals surface area contributed by atoms with Crippen LogP contribution in [0.25, 0.3) is 11.3 Å². The number of rotatable bonds is 4. The van der Waals surface area contributed by atoms with Crippen LogP contribution in [0.4, 0.5) is 5.69 Å². The van der Waals surface area contributed by atoms with Crippen molar-refractivity contribution in [2.24, 2.45) is 0 Å². The molecule has 6 nitrogen and oxygen atoms in total. The lowest BCUT2D eigenvalue weighted by molar-refractivity contribution is 0.0690. The van der Waals surface area contributed by atoms with Crippen molar-refractivity contribution in [3.63, 3.8) is 0 Å². The third-order valence-corrected chi connectivity index (χ3v) is 4.38. The van der Waals surface area contributed by atoms with E-state index in [0.717, 1.165) is 31.7 Å². The van der Waals surface area contributed by atoms with Gasteiger partial charge in [-0.15, -0.1) is 0 Å². The number of aromatic carboxylic acids is 1. The van der Waals surface area contributed by atoms with Crippen LogP contribution in [0.2, 0.25) is 0 Å². The van der Waals surface area contributed by atoms with Gasteiger partial charge in [0.2, 0.25) is 0 Å². The first kappa shape index (κ1) is 15.6. The van der Waals surface area contributed by atoms with Gasteiger partial charge in [0.25, 0.3) is 0 Å². The summed E-state index contributed by atoms with van der Waals surface area (Å²) in [5, 5.41) is 15.5. The summed E-state index contributed by atoms with van der Waals surface area (Å²) in [5.41, 5.74) is 2.87. The second-order valence-electron chi connectivity index (χ2n) is 6.14. The molecule has 3 rings (SSSR count). The van der Waals surface area contributed by atoms with Gasteiger partial charge >= 0.3 is 5.97 Å². The Morgan fingerprint density at radius 2 is 1.83 bits per heavy atom. The van der Waals surface area contributed by atoms with Gasteiger partial charge in [-0.05, 0) is 32.0 Å². The van der Waals surface area contributed by atoms with Crippen molar-refractivity contribution in [1.29, 1.82) is 0 Å². The Bertz CT molecular complexity index is 670. The van der Waals surface area contributed by atoms with Crippen LogP contribution < -0.4 is 4.90 Å². The number of carbonyl (C=O) groups is 1. The Morgan fingerprint density at radius 3 is 2.35 bits per heavy atom. The van der Waals surface area contributed by atoms with Gasteiger partial charge in [-0.1, -0.05) is 12.1 Å². The molecule has 2 aromatic rings. The zero-order chi connectivity index (χ0) is 16.4. The van der Waals surface area contributed by atoms with E-state index in [-0.39, 0.29) is 5.69 Å². The average molecular weight is 314 g/mol. The summed E-state index contributed by atoms with van der Waals surface area (Å²) in [6.45, 7) is 8.70. The first-order valence-corrected chi connectivity index (χ1v) is 7.93. The highest BCUT2D eigenvalue weighted by atomic mass is 16.4. The standard InChI is InChI=1S/C17H22N4O2/c1-12(2)20-7-9-21(10-8-20)14-5-3-13(4-6-14)15-11-16(17(22)23)19-18-15/h3-6,11-12H,7-10H2,1-2H3,(H,18,19)(H,22,23). The van der Waals surface area contributed by atoms with E-state index < -0.39 is 5.97 Å². The van der Waals surface area contributed by atoms with Crippen LogP contribution in [0.1, 0.15) is 24.3 Å². The lowest BCUT2D eigenvalue weighted by atomic mass is 10.1. The molecule has 0 aliphatic carbocycles. The summed E-state index contributed by atoms with van der Waals surface area (Å²) < 4.78 is 0. The second-order valence-corrected chi connectivity index (χ2v) is 6.14. The topological polar surface area (TPSA) is 72.5 Å². The van der Waals surface area contributed by atoms with Gasteiger partial charge in [0.15, 0.2) is 0 Å². The minimum absolute atomic E-state index is 0.105. The van der Waals surface area contributed by atoms with Gasteiger partial charge < -0.3 is 10.0 Å². The van der Waals surface area contributed by atoms with Crippen molar-refractivity contribution in [2.75, 3.05) is 31.1 Å². The molecule has 6 heteroatoms. The Morgan fingerprint density at radius 1 is 1.17 bits per heavy atom. The molecule has 1 fully saturated rings. The van der Waals surface area contributed by atoms with Gasteiger partial charge in [-0.3, -0.25) is 10.00 Å². The minimum atomic E-state index is -0.997. The van der Waals surface area contributed by atoms with Crippen LogP contribution in [0, 0.1) is 0 Å². The summed E-state index contributed by atoms with van der Waals surface area (Å²) in [6, 6.07) is 10.3. The highest BCUT2D eigenvalue weighted by Crippen LogP contribution is 2.23. The van der Waals surface area contributed by atoms with Gasteiger partial charge in [-0.2, -0.15) is 5.10 Å². The molecular weight excluding hydrogens is 292 g/mol. The molecule has 2 N–H and O–H groups in total. The average Bonchev–Trinajstić information content (AvgIpc) is 3.05. The van der Waals surface area contributed by atoms with E-state index in [1.54, 1.807) is 6.07 Å². The van der Waals surface area contributed by atoms with E-state index in [1.807, 2.05) is 12.1 Å². The maximum absolute atomic E-state index is 10.9. The Balaban J connectivity index is 1.69. The molecule has 23 heavy (non-hydrogen) atoms. The molecule has 0 radical (unpaired) electrons. The lowest BCUT2D eigenvalue weighted by Crippen LogP contribution is -2.48. The Kier molecular flexibility index (Phi) is 4.34. The van der Waals surface area contributed by atoms with Crippen molar-refractivity contribution < 1.29 is 9.90 Å². The first-order chi connectivity index (χ1) is 11.0. The van der Waals surface area contributed by atoms with E-state index in [1.165, 1.54) is 5.69 Å². The van der Waals surface area contributed by atoms with Crippen molar-refractivity contribution >= 4 is 11.7 Å². The number of piperazine rings is 1. The number of carboxylic acids is 1. The minimum Gasteiger partial charge on any atom is -0.477 e. The highest BCUT2D eigenvalue weighted by Gasteiger charge is 2.19. The quantitative estimate of drug-likeness (QED) is 0.906. The summed E-state index contributed by atoms with van der Waals surface area (Å²) in [5.74, 6) is -0.997. The summed E-state index contributed by atoms with van der Waals surface area (Å²) in [4.78, 5) is 15.8. The van der Waals surface area contributed by atoms with Crippen LogP contribution in [0.5, 0.6) is 0 Å². The third-order valence-electron chi connectivity index (χ3n) is 4.38. The number of H-pyrrole nitrogens is 1. The van der Waals surface area contributed by atoms with E-state index in [2.05, 4.69) is 46.0 Å². The molecule has 2 heterocycles. The fraction of sp³-hybridized carbons (Fsp3) is 0.412. The monoisotopic (exact) mass is 314 g/mol. The maximum Gasteiger partial charge on any atom is 0.353 e. The van der Waals surface area contributed by atoms with Gasteiger partial charge in [0.05, 0.1) is 5.69 Å². The van der Waals surface area contributed by atoms with Crippen molar-refractivity contribution in [1.82, 2.24) is 15.1 Å². The number of nitrogens with zero attached hydrogens (tertiary/aromatic N) is 3. The van der Waals surface area contributed by atoms with Crippen LogP contribution >= 0.6 is 0 Å². The molecule has 1 aromatic carbocycles. The normalized spacial score (nSPS) is 16.0. The molecule has 0 bridgehead atoms. The van der Waals surface area contributed by atoms with Crippen LogP contribution in [-0.4, -0.2) is 58.4 Å². The number of aromatic nitrogens is 2. The summed E-state index contributed by atoms with van der Waals surface area (Å²) in [6.07, 6.45) is 0. The largest absolute Gasteiger partial charge is 0.477 e. The molecule has 0 atom stereocenters. The number of hydrogen-bond donors (Lipinski definition) is 2. The number of anilines is 1. The fourth-order valence-electron chi connectivity index (χ4n) is 2.92. The predicted molar refractivity (Wildman–Crippen MR) is 89.9 cm³/mol. The molecule has 0 unspecified atom stereocenters. The third kappa shape index (κ3) is 3.37. The zero-order valence-corrected chi connectivity index (χ0v) is 13.5. The summed E-state index contributed by atoms with van der Waals surface area (Å²) >= 11 is 0. The van der Waals surface area contributed by atoms with Gasteiger partial charge in [-0.25, -0.2) is 4.79 Å². The van der Waals surface area contributed by atoms with Crippen molar-refractivity contribution in [2.45, 2.75) is 19.9 Å². The van der Waals surface area contributed by atoms with Crippen LogP contribution in [0.15, 0.2) is 30.3 Å².